The number of carboxylic acid groups (broad SMARTS) is 1. The van der Waals surface area contributed by atoms with Crippen LogP contribution >= 0.6 is 11.3 Å². The van der Waals surface area contributed by atoms with Crippen LogP contribution < -0.4 is 4.74 Å². The van der Waals surface area contributed by atoms with Crippen molar-refractivity contribution in [3.63, 3.8) is 0 Å². The molecule has 1 N–H and O–H groups in total. The van der Waals surface area contributed by atoms with Gasteiger partial charge in [-0.25, -0.2) is 9.78 Å². The van der Waals surface area contributed by atoms with Crippen LogP contribution in [0.3, 0.4) is 0 Å². The van der Waals surface area contributed by atoms with E-state index in [1.807, 2.05) is 44.2 Å². The van der Waals surface area contributed by atoms with Crippen LogP contribution in [-0.4, -0.2) is 28.9 Å². The molecule has 0 saturated heterocycles. The minimum Gasteiger partial charge on any atom is -0.476 e. The molecule has 0 aliphatic rings. The smallest absolute Gasteiger partial charge is 0.358 e. The summed E-state index contributed by atoms with van der Waals surface area (Å²) in [6, 6.07) is 11.3. The van der Waals surface area contributed by atoms with Crippen molar-refractivity contribution in [2.75, 3.05) is 7.11 Å². The molecule has 128 valence electrons. The number of nitrogens with zero attached hydrogens (tertiary/aromatic N) is 2. The Morgan fingerprint density at radius 2 is 2.00 bits per heavy atom. The number of hydrogen-bond acceptors (Lipinski definition) is 6. The van der Waals surface area contributed by atoms with Gasteiger partial charge in [0.25, 0.3) is 5.19 Å². The number of para-hydroxylation sites is 1. The van der Waals surface area contributed by atoms with Gasteiger partial charge in [-0.15, -0.1) is 0 Å². The molecule has 0 bridgehead atoms. The number of carbonyl (C=O) groups is 1. The Morgan fingerprint density at radius 3 is 2.68 bits per heavy atom. The molecule has 0 amide bonds. The molecule has 0 unspecified atom stereocenters. The maximum Gasteiger partial charge on any atom is 0.358 e. The molecule has 6 nitrogen and oxygen atoms in total. The van der Waals surface area contributed by atoms with E-state index in [2.05, 4.69) is 15.0 Å². The molecule has 0 saturated carbocycles. The largest absolute Gasteiger partial charge is 0.476 e. The Hall–Kier alpha value is -2.93. The molecule has 3 rings (SSSR count). The number of thiazole rings is 1. The first kappa shape index (κ1) is 16.9. The first-order chi connectivity index (χ1) is 12.0. The number of ether oxygens (including phenoxy) is 1. The van der Waals surface area contributed by atoms with Gasteiger partial charge in [0.15, 0.2) is 5.71 Å². The highest BCUT2D eigenvalue weighted by molar-refractivity contribution is 7.20. The average molecular weight is 356 g/mol. The summed E-state index contributed by atoms with van der Waals surface area (Å²) in [6.45, 7) is 3.84. The third kappa shape index (κ3) is 3.46. The second-order valence-electron chi connectivity index (χ2n) is 5.43. The zero-order valence-electron chi connectivity index (χ0n) is 13.9. The fourth-order valence-corrected chi connectivity index (χ4v) is 3.38. The van der Waals surface area contributed by atoms with E-state index in [-0.39, 0.29) is 5.71 Å². The number of carboxylic acids is 1. The summed E-state index contributed by atoms with van der Waals surface area (Å²) in [6.07, 6.45) is 0. The molecule has 1 aromatic heterocycles. The normalized spacial score (nSPS) is 11.6. The van der Waals surface area contributed by atoms with Crippen molar-refractivity contribution < 1.29 is 19.5 Å². The molecule has 7 heteroatoms. The van der Waals surface area contributed by atoms with Crippen molar-refractivity contribution in [1.29, 1.82) is 0 Å². The van der Waals surface area contributed by atoms with Gasteiger partial charge in [0.05, 0.1) is 10.2 Å². The highest BCUT2D eigenvalue weighted by Crippen LogP contribution is 2.35. The number of benzene rings is 2. The highest BCUT2D eigenvalue weighted by Gasteiger charge is 2.20. The maximum absolute atomic E-state index is 11.5. The molecule has 3 aromatic rings. The van der Waals surface area contributed by atoms with E-state index in [1.165, 1.54) is 18.4 Å². The first-order valence-electron chi connectivity index (χ1n) is 7.49. The lowest BCUT2D eigenvalue weighted by molar-refractivity contribution is -0.129. The van der Waals surface area contributed by atoms with Crippen LogP contribution in [0.15, 0.2) is 41.6 Å². The standard InChI is InChI=1S/C18H16N2O4S/c1-10-8-12(16(17(21)22)20-23-3)15-14(9-10)25-18(19-15)24-13-7-5-4-6-11(13)2/h4-9H,1-3H3,(H,21,22). The van der Waals surface area contributed by atoms with Crippen LogP contribution in [0.1, 0.15) is 16.7 Å². The lowest BCUT2D eigenvalue weighted by atomic mass is 10.1. The van der Waals surface area contributed by atoms with E-state index in [9.17, 15) is 9.90 Å². The first-order valence-corrected chi connectivity index (χ1v) is 8.30. The second kappa shape index (κ2) is 6.90. The zero-order chi connectivity index (χ0) is 18.0. The molecule has 0 spiro atoms. The summed E-state index contributed by atoms with van der Waals surface area (Å²) in [4.78, 5) is 20.7. The third-order valence-electron chi connectivity index (χ3n) is 3.55. The van der Waals surface area contributed by atoms with Crippen LogP contribution in [-0.2, 0) is 9.63 Å². The molecular formula is C18H16N2O4S. The predicted octanol–water partition coefficient (Wildman–Crippen LogP) is 4.14. The molecule has 0 atom stereocenters. The van der Waals surface area contributed by atoms with Crippen molar-refractivity contribution in [1.82, 2.24) is 4.98 Å². The zero-order valence-corrected chi connectivity index (χ0v) is 14.8. The van der Waals surface area contributed by atoms with Gasteiger partial charge in [0.2, 0.25) is 0 Å². The lowest BCUT2D eigenvalue weighted by Gasteiger charge is -2.04. The molecule has 0 aliphatic carbocycles. The van der Waals surface area contributed by atoms with Gasteiger partial charge in [-0.05, 0) is 43.2 Å². The van der Waals surface area contributed by atoms with Crippen molar-refractivity contribution >= 4 is 33.2 Å². The SMILES string of the molecule is CON=C(C(=O)O)c1cc(C)cc2sc(Oc3ccccc3C)nc12. The van der Waals surface area contributed by atoms with Gasteiger partial charge in [0.1, 0.15) is 12.9 Å². The molecule has 0 radical (unpaired) electrons. The molecular weight excluding hydrogens is 340 g/mol. The Morgan fingerprint density at radius 1 is 1.24 bits per heavy atom. The second-order valence-corrected chi connectivity index (χ2v) is 6.43. The minimum atomic E-state index is -1.18. The van der Waals surface area contributed by atoms with E-state index >= 15 is 0 Å². The van der Waals surface area contributed by atoms with E-state index in [0.29, 0.717) is 22.0 Å². The number of rotatable bonds is 5. The van der Waals surface area contributed by atoms with Gasteiger partial charge in [-0.1, -0.05) is 34.7 Å². The number of hydrogen-bond donors (Lipinski definition) is 1. The average Bonchev–Trinajstić information content (AvgIpc) is 2.96. The predicted molar refractivity (Wildman–Crippen MR) is 96.8 cm³/mol. The quantitative estimate of drug-likeness (QED) is 0.549. The molecule has 1 heterocycles. The Kier molecular flexibility index (Phi) is 4.67. The highest BCUT2D eigenvalue weighted by atomic mass is 32.1. The van der Waals surface area contributed by atoms with Crippen molar-refractivity contribution in [2.24, 2.45) is 5.16 Å². The summed E-state index contributed by atoms with van der Waals surface area (Å²) >= 11 is 1.35. The van der Waals surface area contributed by atoms with Crippen LogP contribution in [0.2, 0.25) is 0 Å². The molecule has 0 fully saturated rings. The summed E-state index contributed by atoms with van der Waals surface area (Å²) in [5.41, 5.74) is 2.63. The van der Waals surface area contributed by atoms with E-state index in [0.717, 1.165) is 15.8 Å². The van der Waals surface area contributed by atoms with Crippen LogP contribution in [0.25, 0.3) is 10.2 Å². The van der Waals surface area contributed by atoms with Gasteiger partial charge in [-0.2, -0.15) is 0 Å². The summed E-state index contributed by atoms with van der Waals surface area (Å²) in [5, 5.41) is 13.5. The molecule has 0 aliphatic heterocycles. The Labute approximate surface area is 148 Å². The number of aryl methyl sites for hydroxylation is 2. The van der Waals surface area contributed by atoms with Crippen LogP contribution in [0.5, 0.6) is 10.9 Å². The topological polar surface area (TPSA) is 81.0 Å². The summed E-state index contributed by atoms with van der Waals surface area (Å²) < 4.78 is 6.70. The van der Waals surface area contributed by atoms with Crippen molar-refractivity contribution in [2.45, 2.75) is 13.8 Å². The number of oxime groups is 1. The Balaban J connectivity index is 2.11. The maximum atomic E-state index is 11.5. The monoisotopic (exact) mass is 356 g/mol. The summed E-state index contributed by atoms with van der Waals surface area (Å²) in [7, 11) is 1.31. The van der Waals surface area contributed by atoms with E-state index in [1.54, 1.807) is 6.07 Å². The van der Waals surface area contributed by atoms with Crippen molar-refractivity contribution in [3.05, 3.63) is 53.1 Å². The lowest BCUT2D eigenvalue weighted by Crippen LogP contribution is -2.15. The molecule has 25 heavy (non-hydrogen) atoms. The number of aromatic nitrogens is 1. The van der Waals surface area contributed by atoms with Gasteiger partial charge in [0, 0.05) is 5.56 Å². The fraction of sp³-hybridized carbons (Fsp3) is 0.167. The van der Waals surface area contributed by atoms with E-state index < -0.39 is 5.97 Å². The Bertz CT molecular complexity index is 978. The van der Waals surface area contributed by atoms with Crippen molar-refractivity contribution in [3.8, 4) is 10.9 Å². The van der Waals surface area contributed by atoms with E-state index in [4.69, 9.17) is 4.74 Å². The number of fused-ring (bicyclic) bond motifs is 1. The summed E-state index contributed by atoms with van der Waals surface area (Å²) in [5.74, 6) is -0.466. The fourth-order valence-electron chi connectivity index (χ4n) is 2.43. The minimum absolute atomic E-state index is 0.191. The molecule has 2 aromatic carbocycles. The van der Waals surface area contributed by atoms with Crippen LogP contribution in [0, 0.1) is 13.8 Å². The van der Waals surface area contributed by atoms with Crippen LogP contribution in [0.4, 0.5) is 0 Å². The van der Waals surface area contributed by atoms with Gasteiger partial charge >= 0.3 is 5.97 Å². The number of aliphatic carboxylic acids is 1. The van der Waals surface area contributed by atoms with Gasteiger partial charge < -0.3 is 14.7 Å². The van der Waals surface area contributed by atoms with Gasteiger partial charge in [-0.3, -0.25) is 0 Å². The third-order valence-corrected chi connectivity index (χ3v) is 4.43.